The molecule has 7 nitrogen and oxygen atoms in total. The van der Waals surface area contributed by atoms with Gasteiger partial charge in [0, 0.05) is 0 Å². The van der Waals surface area contributed by atoms with Crippen molar-refractivity contribution in [2.45, 2.75) is 32.4 Å². The van der Waals surface area contributed by atoms with E-state index in [0.29, 0.717) is 17.9 Å². The van der Waals surface area contributed by atoms with E-state index in [2.05, 4.69) is 5.32 Å². The molecule has 0 aliphatic carbocycles. The molecule has 0 radical (unpaired) electrons. The molecule has 9 heteroatoms. The first kappa shape index (κ1) is 23.5. The molecule has 1 N–H and O–H groups in total. The molecule has 0 spiro atoms. The highest BCUT2D eigenvalue weighted by molar-refractivity contribution is 7.92. The van der Waals surface area contributed by atoms with Crippen LogP contribution in [0.4, 0.5) is 10.1 Å². The average Bonchev–Trinajstić information content (AvgIpc) is 2.70. The maximum atomic E-state index is 13.7. The number of ether oxygens (including phenoxy) is 2. The van der Waals surface area contributed by atoms with E-state index in [1.54, 1.807) is 18.2 Å². The number of nitrogens with one attached hydrogen (secondary N) is 1. The van der Waals surface area contributed by atoms with Crippen LogP contribution in [-0.2, 0) is 14.8 Å². The second kappa shape index (κ2) is 9.80. The molecule has 2 aromatic rings. The number of halogens is 1. The highest BCUT2D eigenvalue weighted by atomic mass is 32.2. The fourth-order valence-electron chi connectivity index (χ4n) is 3.20. The van der Waals surface area contributed by atoms with Gasteiger partial charge < -0.3 is 14.8 Å². The lowest BCUT2D eigenvalue weighted by atomic mass is 10.0. The number of amides is 1. The molecule has 0 saturated carbocycles. The number of anilines is 1. The van der Waals surface area contributed by atoms with Crippen LogP contribution in [0.25, 0.3) is 0 Å². The molecule has 0 aliphatic heterocycles. The van der Waals surface area contributed by atoms with Gasteiger partial charge in [-0.05, 0) is 49.2 Å². The summed E-state index contributed by atoms with van der Waals surface area (Å²) in [5.74, 6) is -0.0183. The summed E-state index contributed by atoms with van der Waals surface area (Å²) < 4.78 is 49.8. The van der Waals surface area contributed by atoms with E-state index < -0.39 is 27.8 Å². The lowest BCUT2D eigenvalue weighted by Gasteiger charge is -2.30. The molecular weight excluding hydrogens is 411 g/mol. The minimum atomic E-state index is -3.84. The molecule has 164 valence electrons. The predicted octanol–water partition coefficient (Wildman–Crippen LogP) is 3.26. The van der Waals surface area contributed by atoms with Gasteiger partial charge in [-0.3, -0.25) is 9.10 Å². The maximum Gasteiger partial charge on any atom is 0.244 e. The third kappa shape index (κ3) is 5.41. The van der Waals surface area contributed by atoms with Gasteiger partial charge in [-0.25, -0.2) is 12.8 Å². The number of sulfonamides is 1. The number of hydrogen-bond donors (Lipinski definition) is 1. The topological polar surface area (TPSA) is 84.9 Å². The molecule has 2 aromatic carbocycles. The van der Waals surface area contributed by atoms with E-state index in [1.165, 1.54) is 39.3 Å². The van der Waals surface area contributed by atoms with Crippen LogP contribution in [0.5, 0.6) is 11.5 Å². The normalized spacial score (nSPS) is 13.3. The first-order valence-corrected chi connectivity index (χ1v) is 11.2. The van der Waals surface area contributed by atoms with Gasteiger partial charge in [0.05, 0.1) is 32.2 Å². The zero-order valence-electron chi connectivity index (χ0n) is 17.7. The molecule has 0 saturated heterocycles. The second-order valence-electron chi connectivity index (χ2n) is 6.80. The van der Waals surface area contributed by atoms with E-state index in [-0.39, 0.29) is 11.7 Å². The average molecular weight is 439 g/mol. The Balaban J connectivity index is 2.31. The quantitative estimate of drug-likeness (QED) is 0.650. The van der Waals surface area contributed by atoms with E-state index >= 15 is 0 Å². The smallest absolute Gasteiger partial charge is 0.244 e. The number of rotatable bonds is 9. The Morgan fingerprint density at radius 2 is 1.80 bits per heavy atom. The number of hydrogen-bond acceptors (Lipinski definition) is 5. The zero-order chi connectivity index (χ0) is 22.5. The van der Waals surface area contributed by atoms with Crippen molar-refractivity contribution in [3.63, 3.8) is 0 Å². The number of benzene rings is 2. The van der Waals surface area contributed by atoms with Gasteiger partial charge in [0.25, 0.3) is 0 Å². The number of nitrogens with zero attached hydrogens (tertiary/aromatic N) is 1. The molecule has 2 rings (SSSR count). The molecule has 0 aromatic heterocycles. The van der Waals surface area contributed by atoms with Crippen molar-refractivity contribution in [1.82, 2.24) is 5.32 Å². The third-order valence-electron chi connectivity index (χ3n) is 4.69. The molecule has 30 heavy (non-hydrogen) atoms. The molecule has 1 amide bonds. The van der Waals surface area contributed by atoms with Crippen molar-refractivity contribution in [3.8, 4) is 11.5 Å². The second-order valence-corrected chi connectivity index (χ2v) is 8.66. The van der Waals surface area contributed by atoms with Gasteiger partial charge in [-0.2, -0.15) is 0 Å². The van der Waals surface area contributed by atoms with Crippen molar-refractivity contribution in [2.24, 2.45) is 0 Å². The first-order valence-electron chi connectivity index (χ1n) is 9.39. The molecular formula is C21H27FN2O5S. The highest BCUT2D eigenvalue weighted by Gasteiger charge is 2.30. The summed E-state index contributed by atoms with van der Waals surface area (Å²) in [4.78, 5) is 12.9. The fraction of sp³-hybridized carbons (Fsp3) is 0.381. The Kier molecular flexibility index (Phi) is 7.66. The SMILES string of the molecule is CCC(NC(=O)C(C)N(c1cccc(F)c1)S(C)(=O)=O)c1ccc(OC)c(OC)c1. The van der Waals surface area contributed by atoms with E-state index in [0.717, 1.165) is 22.2 Å². The highest BCUT2D eigenvalue weighted by Crippen LogP contribution is 2.31. The minimum Gasteiger partial charge on any atom is -0.493 e. The van der Waals surface area contributed by atoms with E-state index in [1.807, 2.05) is 6.92 Å². The minimum absolute atomic E-state index is 0.0827. The molecule has 0 heterocycles. The van der Waals surface area contributed by atoms with Crippen LogP contribution < -0.4 is 19.1 Å². The van der Waals surface area contributed by atoms with Gasteiger partial charge in [0.15, 0.2) is 11.5 Å². The Labute approximate surface area is 176 Å². The summed E-state index contributed by atoms with van der Waals surface area (Å²) in [6.07, 6.45) is 1.54. The van der Waals surface area contributed by atoms with Gasteiger partial charge in [-0.15, -0.1) is 0 Å². The largest absolute Gasteiger partial charge is 0.493 e. The Bertz CT molecular complexity index is 997. The summed E-state index contributed by atoms with van der Waals surface area (Å²) in [7, 11) is -0.784. The Hall–Kier alpha value is -2.81. The van der Waals surface area contributed by atoms with Crippen LogP contribution in [0.15, 0.2) is 42.5 Å². The van der Waals surface area contributed by atoms with Crippen molar-refractivity contribution in [2.75, 3.05) is 24.8 Å². The van der Waals surface area contributed by atoms with Crippen LogP contribution in [-0.4, -0.2) is 40.8 Å². The van der Waals surface area contributed by atoms with Crippen molar-refractivity contribution in [1.29, 1.82) is 0 Å². The van der Waals surface area contributed by atoms with Crippen LogP contribution in [0.2, 0.25) is 0 Å². The van der Waals surface area contributed by atoms with Crippen molar-refractivity contribution in [3.05, 3.63) is 53.8 Å². The standard InChI is InChI=1S/C21H27FN2O5S/c1-6-18(15-10-11-19(28-3)20(12-15)29-4)23-21(25)14(2)24(30(5,26)27)17-9-7-8-16(22)13-17/h7-14,18H,6H2,1-5H3,(H,23,25). The van der Waals surface area contributed by atoms with Crippen molar-refractivity contribution >= 4 is 21.6 Å². The maximum absolute atomic E-state index is 13.7. The predicted molar refractivity (Wildman–Crippen MR) is 114 cm³/mol. The zero-order valence-corrected chi connectivity index (χ0v) is 18.5. The number of carbonyl (C=O) groups excluding carboxylic acids is 1. The Morgan fingerprint density at radius 3 is 2.33 bits per heavy atom. The molecule has 0 fully saturated rings. The molecule has 2 atom stereocenters. The third-order valence-corrected chi connectivity index (χ3v) is 5.93. The van der Waals surface area contributed by atoms with Gasteiger partial charge in [0.1, 0.15) is 11.9 Å². The van der Waals surface area contributed by atoms with E-state index in [9.17, 15) is 17.6 Å². The lowest BCUT2D eigenvalue weighted by Crippen LogP contribution is -2.48. The lowest BCUT2D eigenvalue weighted by molar-refractivity contribution is -0.122. The summed E-state index contributed by atoms with van der Waals surface area (Å²) in [6.45, 7) is 3.36. The van der Waals surface area contributed by atoms with Crippen LogP contribution in [0.1, 0.15) is 31.9 Å². The van der Waals surface area contributed by atoms with Gasteiger partial charge in [0.2, 0.25) is 15.9 Å². The monoisotopic (exact) mass is 438 g/mol. The number of methoxy groups -OCH3 is 2. The van der Waals surface area contributed by atoms with Gasteiger partial charge in [-0.1, -0.05) is 19.1 Å². The van der Waals surface area contributed by atoms with Crippen LogP contribution >= 0.6 is 0 Å². The van der Waals surface area contributed by atoms with E-state index in [4.69, 9.17) is 9.47 Å². The number of carbonyl (C=O) groups is 1. The van der Waals surface area contributed by atoms with Crippen LogP contribution in [0.3, 0.4) is 0 Å². The van der Waals surface area contributed by atoms with Gasteiger partial charge >= 0.3 is 0 Å². The summed E-state index contributed by atoms with van der Waals surface area (Å²) >= 11 is 0. The Morgan fingerprint density at radius 1 is 1.13 bits per heavy atom. The van der Waals surface area contributed by atoms with Crippen molar-refractivity contribution < 1.29 is 27.1 Å². The first-order chi connectivity index (χ1) is 14.1. The molecule has 0 aliphatic rings. The molecule has 2 unspecified atom stereocenters. The van der Waals surface area contributed by atoms with Crippen LogP contribution in [0, 0.1) is 5.82 Å². The summed E-state index contributed by atoms with van der Waals surface area (Å²) in [6, 6.07) is 8.97. The fourth-order valence-corrected chi connectivity index (χ4v) is 4.37. The summed E-state index contributed by atoms with van der Waals surface area (Å²) in [5.41, 5.74) is 0.867. The molecule has 0 bridgehead atoms. The summed E-state index contributed by atoms with van der Waals surface area (Å²) in [5, 5.41) is 2.87.